The Morgan fingerprint density at radius 2 is 1.77 bits per heavy atom. The maximum Gasteiger partial charge on any atom is 0.410 e. The number of carbonyl (C=O) groups is 2. The van der Waals surface area contributed by atoms with Gasteiger partial charge in [0.05, 0.1) is 26.7 Å². The lowest BCUT2D eigenvalue weighted by Gasteiger charge is -2.41. The molecule has 0 spiro atoms. The number of aromatic nitrogens is 2. The average molecular weight is 713 g/mol. The molecule has 1 saturated carbocycles. The third kappa shape index (κ3) is 8.47. The van der Waals surface area contributed by atoms with Crippen molar-refractivity contribution in [2.24, 2.45) is 5.92 Å². The number of methoxy groups -OCH3 is 2. The number of amides is 2. The molecule has 1 N–H and O–H groups in total. The van der Waals surface area contributed by atoms with Crippen LogP contribution in [-0.4, -0.2) is 88.6 Å². The molecule has 6 rings (SSSR count). The Balaban J connectivity index is 1.33. The molecule has 2 aromatic heterocycles. The maximum absolute atomic E-state index is 15.0. The third-order valence-corrected chi connectivity index (χ3v) is 10.0. The lowest BCUT2D eigenvalue weighted by molar-refractivity contribution is -0.139. The summed E-state index contributed by atoms with van der Waals surface area (Å²) in [5.41, 5.74) is 4.43. The van der Waals surface area contributed by atoms with E-state index in [1.807, 2.05) is 56.9 Å². The average Bonchev–Trinajstić information content (AvgIpc) is 3.90. The van der Waals surface area contributed by atoms with E-state index in [4.69, 9.17) is 18.9 Å². The van der Waals surface area contributed by atoms with Gasteiger partial charge in [0.2, 0.25) is 11.8 Å². The Kier molecular flexibility index (Phi) is 11.3. The highest BCUT2D eigenvalue weighted by molar-refractivity contribution is 5.87. The molecule has 1 aliphatic heterocycles. The van der Waals surface area contributed by atoms with Crippen LogP contribution in [0.3, 0.4) is 0 Å². The van der Waals surface area contributed by atoms with E-state index >= 15 is 0 Å². The van der Waals surface area contributed by atoms with Crippen LogP contribution in [0, 0.1) is 12.8 Å². The van der Waals surface area contributed by atoms with Gasteiger partial charge in [-0.05, 0) is 99.9 Å². The normalized spacial score (nSPS) is 17.6. The SMILES string of the molecule is COc1cc(Cn2ccc3c([C@H]4CCN(C(=O)OC(C)(C)C)C[C@@H]4C(=O)N(Cc4ccnc(OCCCO)c4C)C4CC4)cccc32)cc(OC)c1. The van der Waals surface area contributed by atoms with Gasteiger partial charge in [-0.1, -0.05) is 12.1 Å². The van der Waals surface area contributed by atoms with Crippen LogP contribution in [0.1, 0.15) is 74.6 Å². The molecule has 2 atom stereocenters. The Labute approximate surface area is 306 Å². The number of piperidine rings is 1. The number of benzene rings is 2. The summed E-state index contributed by atoms with van der Waals surface area (Å²) in [6.07, 6.45) is 6.44. The van der Waals surface area contributed by atoms with E-state index in [-0.39, 0.29) is 31.0 Å². The van der Waals surface area contributed by atoms with Crippen LogP contribution in [0.2, 0.25) is 0 Å². The Morgan fingerprint density at radius 1 is 1.02 bits per heavy atom. The predicted octanol–water partition coefficient (Wildman–Crippen LogP) is 6.70. The topological polar surface area (TPSA) is 116 Å². The van der Waals surface area contributed by atoms with Crippen LogP contribution >= 0.6 is 0 Å². The fraction of sp³-hybridized carbons (Fsp3) is 0.488. The van der Waals surface area contributed by atoms with Gasteiger partial charge in [0.25, 0.3) is 0 Å². The van der Waals surface area contributed by atoms with Crippen LogP contribution in [0.4, 0.5) is 4.79 Å². The Hall–Kier alpha value is -4.77. The first kappa shape index (κ1) is 37.0. The van der Waals surface area contributed by atoms with Crippen molar-refractivity contribution in [1.29, 1.82) is 0 Å². The van der Waals surface area contributed by atoms with Gasteiger partial charge in [-0.3, -0.25) is 4.79 Å². The van der Waals surface area contributed by atoms with E-state index < -0.39 is 17.6 Å². The zero-order valence-corrected chi connectivity index (χ0v) is 31.3. The largest absolute Gasteiger partial charge is 0.497 e. The van der Waals surface area contributed by atoms with Crippen molar-refractivity contribution >= 4 is 22.9 Å². The number of aliphatic hydroxyl groups is 1. The summed E-state index contributed by atoms with van der Waals surface area (Å²) in [6.45, 7) is 9.76. The lowest BCUT2D eigenvalue weighted by atomic mass is 9.78. The summed E-state index contributed by atoms with van der Waals surface area (Å²) < 4.78 is 24.9. The number of ether oxygens (including phenoxy) is 4. The molecule has 3 heterocycles. The highest BCUT2D eigenvalue weighted by atomic mass is 16.6. The van der Waals surface area contributed by atoms with Crippen molar-refractivity contribution in [3.8, 4) is 17.4 Å². The van der Waals surface area contributed by atoms with Gasteiger partial charge < -0.3 is 38.4 Å². The number of nitrogens with zero attached hydrogens (tertiary/aromatic N) is 4. The van der Waals surface area contributed by atoms with E-state index in [2.05, 4.69) is 40.0 Å². The Bertz CT molecular complexity index is 1860. The second kappa shape index (κ2) is 15.9. The van der Waals surface area contributed by atoms with E-state index in [1.54, 1.807) is 25.3 Å². The fourth-order valence-electron chi connectivity index (χ4n) is 7.20. The first-order valence-electron chi connectivity index (χ1n) is 18.3. The minimum Gasteiger partial charge on any atom is -0.497 e. The van der Waals surface area contributed by atoms with E-state index in [9.17, 15) is 14.7 Å². The standard InChI is InChI=1S/C41H52N4O7/c1-27-29(13-16-42-38(27)51-20-8-19-46)25-45(30-11-12-30)39(47)36-26-44(40(48)52-41(2,3)4)18-14-34(36)33-9-7-10-37-35(33)15-17-43(37)24-28-21-31(49-5)23-32(22-28)50-6/h7,9-10,13,15-17,21-23,30,34,36,46H,8,11-12,14,18-20,24-26H2,1-6H3/t34-,36+/m1/s1. The van der Waals surface area contributed by atoms with Crippen molar-refractivity contribution < 1.29 is 33.6 Å². The van der Waals surface area contributed by atoms with Crippen molar-refractivity contribution in [2.45, 2.75) is 84.0 Å². The molecule has 2 aromatic carbocycles. The van der Waals surface area contributed by atoms with Gasteiger partial charge in [0.1, 0.15) is 17.1 Å². The number of hydrogen-bond acceptors (Lipinski definition) is 8. The second-order valence-corrected chi connectivity index (χ2v) is 14.9. The molecule has 2 fully saturated rings. The summed E-state index contributed by atoms with van der Waals surface area (Å²) in [5, 5.41) is 10.3. The lowest BCUT2D eigenvalue weighted by Crippen LogP contribution is -2.51. The number of rotatable bonds is 13. The molecule has 0 radical (unpaired) electrons. The molecule has 1 aliphatic carbocycles. The molecule has 278 valence electrons. The first-order valence-corrected chi connectivity index (χ1v) is 18.3. The monoisotopic (exact) mass is 712 g/mol. The molecule has 0 bridgehead atoms. The molecule has 1 saturated heterocycles. The third-order valence-electron chi connectivity index (χ3n) is 10.0. The molecule has 52 heavy (non-hydrogen) atoms. The molecular formula is C41H52N4O7. The van der Waals surface area contributed by atoms with Gasteiger partial charge in [-0.2, -0.15) is 0 Å². The van der Waals surface area contributed by atoms with Gasteiger partial charge >= 0.3 is 6.09 Å². The molecule has 0 unspecified atom stereocenters. The van der Waals surface area contributed by atoms with Gasteiger partial charge in [-0.15, -0.1) is 0 Å². The van der Waals surface area contributed by atoms with Crippen LogP contribution in [-0.2, 0) is 22.6 Å². The van der Waals surface area contributed by atoms with Gasteiger partial charge in [-0.25, -0.2) is 9.78 Å². The summed E-state index contributed by atoms with van der Waals surface area (Å²) in [6, 6.07) is 16.4. The fourth-order valence-corrected chi connectivity index (χ4v) is 7.20. The van der Waals surface area contributed by atoms with Crippen molar-refractivity contribution in [3.05, 3.63) is 83.2 Å². The molecular weight excluding hydrogens is 660 g/mol. The Morgan fingerprint density at radius 3 is 2.44 bits per heavy atom. The summed E-state index contributed by atoms with van der Waals surface area (Å²) in [7, 11) is 3.30. The van der Waals surface area contributed by atoms with Crippen molar-refractivity contribution in [2.75, 3.05) is 40.5 Å². The predicted molar refractivity (Wildman–Crippen MR) is 199 cm³/mol. The van der Waals surface area contributed by atoms with E-state index in [0.29, 0.717) is 45.0 Å². The summed E-state index contributed by atoms with van der Waals surface area (Å²) in [4.78, 5) is 36.5. The second-order valence-electron chi connectivity index (χ2n) is 14.9. The molecule has 2 aliphatic rings. The number of carbonyl (C=O) groups excluding carboxylic acids is 2. The molecule has 4 aromatic rings. The maximum atomic E-state index is 15.0. The highest BCUT2D eigenvalue weighted by Gasteiger charge is 2.44. The molecule has 11 nitrogen and oxygen atoms in total. The van der Waals surface area contributed by atoms with Gasteiger partial charge in [0, 0.05) is 80.2 Å². The first-order chi connectivity index (χ1) is 25.0. The number of aliphatic hydroxyl groups excluding tert-OH is 1. The van der Waals surface area contributed by atoms with Crippen LogP contribution in [0.5, 0.6) is 17.4 Å². The smallest absolute Gasteiger partial charge is 0.410 e. The zero-order valence-electron chi connectivity index (χ0n) is 31.3. The van der Waals surface area contributed by atoms with Gasteiger partial charge in [0.15, 0.2) is 0 Å². The molecule has 11 heteroatoms. The van der Waals surface area contributed by atoms with E-state index in [0.717, 1.165) is 57.5 Å². The van der Waals surface area contributed by atoms with Crippen LogP contribution in [0.25, 0.3) is 10.9 Å². The summed E-state index contributed by atoms with van der Waals surface area (Å²) >= 11 is 0. The quantitative estimate of drug-likeness (QED) is 0.152. The minimum absolute atomic E-state index is 0.0413. The van der Waals surface area contributed by atoms with Crippen molar-refractivity contribution in [1.82, 2.24) is 19.4 Å². The number of fused-ring (bicyclic) bond motifs is 1. The number of pyridine rings is 1. The molecule has 2 amide bonds. The number of likely N-dealkylation sites (tertiary alicyclic amines) is 1. The zero-order chi connectivity index (χ0) is 37.0. The summed E-state index contributed by atoms with van der Waals surface area (Å²) in [5.74, 6) is 1.44. The van der Waals surface area contributed by atoms with Crippen LogP contribution < -0.4 is 14.2 Å². The highest BCUT2D eigenvalue weighted by Crippen LogP contribution is 2.41. The van der Waals surface area contributed by atoms with Crippen LogP contribution in [0.15, 0.2) is 60.9 Å². The number of hydrogen-bond donors (Lipinski definition) is 1. The van der Waals surface area contributed by atoms with Crippen molar-refractivity contribution in [3.63, 3.8) is 0 Å². The van der Waals surface area contributed by atoms with E-state index in [1.165, 1.54) is 0 Å². The minimum atomic E-state index is -0.648.